The summed E-state index contributed by atoms with van der Waals surface area (Å²) in [6.45, 7) is 4.58. The van der Waals surface area contributed by atoms with Crippen molar-refractivity contribution in [3.05, 3.63) is 96.6 Å². The molecule has 0 bridgehead atoms. The lowest BCUT2D eigenvalue weighted by atomic mass is 9.86. The molecule has 1 unspecified atom stereocenters. The number of para-hydroxylation sites is 2. The van der Waals surface area contributed by atoms with Crippen LogP contribution in [0.2, 0.25) is 0 Å². The maximum atomic E-state index is 2.45. The summed E-state index contributed by atoms with van der Waals surface area (Å²) >= 11 is 0. The Balaban J connectivity index is 2.18. The van der Waals surface area contributed by atoms with Crippen molar-refractivity contribution in [2.24, 2.45) is 0 Å². The standard InChI is InChI=1S/C22H23N/c1-3-22(2,19-13-7-4-8-14-19)23(20-15-9-5-10-16-20)21-17-11-6-12-18-21/h4-18H,3H2,1-2H3. The van der Waals surface area contributed by atoms with Gasteiger partial charge in [-0.3, -0.25) is 0 Å². The van der Waals surface area contributed by atoms with Crippen molar-refractivity contribution >= 4 is 11.4 Å². The fourth-order valence-corrected chi connectivity index (χ4v) is 3.16. The highest BCUT2D eigenvalue weighted by Gasteiger charge is 2.33. The van der Waals surface area contributed by atoms with Crippen LogP contribution in [0.5, 0.6) is 0 Å². The van der Waals surface area contributed by atoms with Crippen LogP contribution in [0.3, 0.4) is 0 Å². The predicted octanol–water partition coefficient (Wildman–Crippen LogP) is 6.15. The number of rotatable bonds is 5. The topological polar surface area (TPSA) is 3.24 Å². The molecule has 0 amide bonds. The van der Waals surface area contributed by atoms with E-state index in [0.29, 0.717) is 0 Å². The molecule has 0 N–H and O–H groups in total. The third kappa shape index (κ3) is 3.00. The Morgan fingerprint density at radius 2 is 1.04 bits per heavy atom. The molecule has 23 heavy (non-hydrogen) atoms. The van der Waals surface area contributed by atoms with E-state index in [4.69, 9.17) is 0 Å². The van der Waals surface area contributed by atoms with Gasteiger partial charge in [-0.2, -0.15) is 0 Å². The van der Waals surface area contributed by atoms with Crippen LogP contribution in [0, 0.1) is 0 Å². The second-order valence-electron chi connectivity index (χ2n) is 6.00. The first kappa shape index (κ1) is 15.4. The molecule has 0 saturated heterocycles. The van der Waals surface area contributed by atoms with E-state index >= 15 is 0 Å². The molecule has 0 aliphatic carbocycles. The highest BCUT2D eigenvalue weighted by Crippen LogP contribution is 2.41. The van der Waals surface area contributed by atoms with Gasteiger partial charge in [0.15, 0.2) is 0 Å². The van der Waals surface area contributed by atoms with Gasteiger partial charge in [0.05, 0.1) is 5.54 Å². The van der Waals surface area contributed by atoms with E-state index in [0.717, 1.165) is 6.42 Å². The van der Waals surface area contributed by atoms with Crippen LogP contribution >= 0.6 is 0 Å². The largest absolute Gasteiger partial charge is 0.331 e. The van der Waals surface area contributed by atoms with E-state index in [1.165, 1.54) is 16.9 Å². The molecular formula is C22H23N. The molecule has 0 aromatic heterocycles. The second-order valence-corrected chi connectivity index (χ2v) is 6.00. The molecule has 0 heterocycles. The van der Waals surface area contributed by atoms with Gasteiger partial charge in [-0.05, 0) is 43.2 Å². The lowest BCUT2D eigenvalue weighted by Gasteiger charge is -2.43. The van der Waals surface area contributed by atoms with Crippen LogP contribution in [-0.2, 0) is 5.54 Å². The van der Waals surface area contributed by atoms with Crippen molar-refractivity contribution in [2.75, 3.05) is 4.90 Å². The molecule has 3 rings (SSSR count). The molecule has 1 atom stereocenters. The van der Waals surface area contributed by atoms with Crippen LogP contribution in [0.25, 0.3) is 0 Å². The first-order chi connectivity index (χ1) is 11.3. The number of hydrogen-bond donors (Lipinski definition) is 0. The van der Waals surface area contributed by atoms with E-state index in [9.17, 15) is 0 Å². The van der Waals surface area contributed by atoms with Gasteiger partial charge in [-0.15, -0.1) is 0 Å². The van der Waals surface area contributed by atoms with Crippen LogP contribution in [0.4, 0.5) is 11.4 Å². The number of nitrogens with zero attached hydrogens (tertiary/aromatic N) is 1. The summed E-state index contributed by atoms with van der Waals surface area (Å²) in [6.07, 6.45) is 1.01. The molecule has 0 radical (unpaired) electrons. The van der Waals surface area contributed by atoms with E-state index < -0.39 is 0 Å². The number of hydrogen-bond acceptors (Lipinski definition) is 1. The zero-order valence-electron chi connectivity index (χ0n) is 13.8. The minimum atomic E-state index is -0.107. The van der Waals surface area contributed by atoms with Crippen molar-refractivity contribution in [3.8, 4) is 0 Å². The first-order valence-corrected chi connectivity index (χ1v) is 8.21. The highest BCUT2D eigenvalue weighted by atomic mass is 15.2. The molecule has 116 valence electrons. The third-order valence-electron chi connectivity index (χ3n) is 4.61. The van der Waals surface area contributed by atoms with E-state index in [2.05, 4.69) is 110 Å². The van der Waals surface area contributed by atoms with Crippen LogP contribution in [-0.4, -0.2) is 0 Å². The van der Waals surface area contributed by atoms with Crippen LogP contribution in [0.15, 0.2) is 91.0 Å². The van der Waals surface area contributed by atoms with Crippen molar-refractivity contribution in [3.63, 3.8) is 0 Å². The van der Waals surface area contributed by atoms with Gasteiger partial charge < -0.3 is 4.90 Å². The van der Waals surface area contributed by atoms with Gasteiger partial charge >= 0.3 is 0 Å². The predicted molar refractivity (Wildman–Crippen MR) is 99.1 cm³/mol. The minimum Gasteiger partial charge on any atom is -0.331 e. The highest BCUT2D eigenvalue weighted by molar-refractivity contribution is 5.66. The molecule has 3 aromatic rings. The van der Waals surface area contributed by atoms with Gasteiger partial charge in [0.2, 0.25) is 0 Å². The third-order valence-corrected chi connectivity index (χ3v) is 4.61. The average molecular weight is 301 g/mol. The quantitative estimate of drug-likeness (QED) is 0.546. The summed E-state index contributed by atoms with van der Waals surface area (Å²) in [6, 6.07) is 32.1. The minimum absolute atomic E-state index is 0.107. The normalized spacial score (nSPS) is 13.3. The summed E-state index contributed by atoms with van der Waals surface area (Å²) in [5, 5.41) is 0. The Labute approximate surface area is 139 Å². The van der Waals surface area contributed by atoms with E-state index in [-0.39, 0.29) is 5.54 Å². The Morgan fingerprint density at radius 3 is 1.43 bits per heavy atom. The zero-order valence-corrected chi connectivity index (χ0v) is 13.8. The smallest absolute Gasteiger partial charge is 0.0671 e. The van der Waals surface area contributed by atoms with Crippen molar-refractivity contribution < 1.29 is 0 Å². The summed E-state index contributed by atoms with van der Waals surface area (Å²) in [4.78, 5) is 2.45. The van der Waals surface area contributed by atoms with Gasteiger partial charge in [-0.25, -0.2) is 0 Å². The summed E-state index contributed by atoms with van der Waals surface area (Å²) in [5.74, 6) is 0. The van der Waals surface area contributed by atoms with Crippen molar-refractivity contribution in [1.29, 1.82) is 0 Å². The Morgan fingerprint density at radius 1 is 0.652 bits per heavy atom. The van der Waals surface area contributed by atoms with E-state index in [1.54, 1.807) is 0 Å². The summed E-state index contributed by atoms with van der Waals surface area (Å²) in [7, 11) is 0. The molecule has 3 aromatic carbocycles. The SMILES string of the molecule is CCC(C)(c1ccccc1)N(c1ccccc1)c1ccccc1. The maximum absolute atomic E-state index is 2.45. The molecule has 0 spiro atoms. The summed E-state index contributed by atoms with van der Waals surface area (Å²) in [5.41, 5.74) is 3.65. The zero-order chi connectivity index (χ0) is 16.1. The van der Waals surface area contributed by atoms with Gasteiger partial charge in [0.1, 0.15) is 0 Å². The van der Waals surface area contributed by atoms with Gasteiger partial charge in [-0.1, -0.05) is 73.7 Å². The monoisotopic (exact) mass is 301 g/mol. The molecule has 0 aliphatic rings. The molecular weight excluding hydrogens is 278 g/mol. The Hall–Kier alpha value is -2.54. The lowest BCUT2D eigenvalue weighted by Crippen LogP contribution is -2.40. The fraction of sp³-hybridized carbons (Fsp3) is 0.182. The van der Waals surface area contributed by atoms with Crippen LogP contribution in [0.1, 0.15) is 25.8 Å². The molecule has 1 nitrogen and oxygen atoms in total. The Kier molecular flexibility index (Phi) is 4.47. The number of benzene rings is 3. The first-order valence-electron chi connectivity index (χ1n) is 8.21. The van der Waals surface area contributed by atoms with Crippen molar-refractivity contribution in [1.82, 2.24) is 0 Å². The van der Waals surface area contributed by atoms with Gasteiger partial charge in [0.25, 0.3) is 0 Å². The maximum Gasteiger partial charge on any atom is 0.0671 e. The number of anilines is 2. The van der Waals surface area contributed by atoms with Crippen molar-refractivity contribution in [2.45, 2.75) is 25.8 Å². The van der Waals surface area contributed by atoms with Crippen LogP contribution < -0.4 is 4.90 Å². The van der Waals surface area contributed by atoms with E-state index in [1.807, 2.05) is 0 Å². The molecule has 0 saturated carbocycles. The molecule has 0 aliphatic heterocycles. The molecule has 1 heteroatoms. The second kappa shape index (κ2) is 6.70. The average Bonchev–Trinajstić information content (AvgIpc) is 2.64. The fourth-order valence-electron chi connectivity index (χ4n) is 3.16. The lowest BCUT2D eigenvalue weighted by molar-refractivity contribution is 0.464. The Bertz CT molecular complexity index is 682. The van der Waals surface area contributed by atoms with Gasteiger partial charge in [0, 0.05) is 11.4 Å². The summed E-state index contributed by atoms with van der Waals surface area (Å²) < 4.78 is 0. The molecule has 0 fully saturated rings.